The molecule has 0 spiro atoms. The van der Waals surface area contributed by atoms with Gasteiger partial charge >= 0.3 is 6.18 Å². The molecule has 102 valence electrons. The highest BCUT2D eigenvalue weighted by Gasteiger charge is 2.31. The van der Waals surface area contributed by atoms with Crippen molar-refractivity contribution in [2.45, 2.75) is 39.3 Å². The summed E-state index contributed by atoms with van der Waals surface area (Å²) in [4.78, 5) is 0. The third-order valence-electron chi connectivity index (χ3n) is 2.76. The quantitative estimate of drug-likeness (QED) is 0.862. The molecular formula is C14H19F3O. The van der Waals surface area contributed by atoms with E-state index in [1.54, 1.807) is 6.07 Å². The van der Waals surface area contributed by atoms with Crippen molar-refractivity contribution >= 4 is 0 Å². The molecule has 0 aliphatic carbocycles. The average molecular weight is 260 g/mol. The lowest BCUT2D eigenvalue weighted by Crippen LogP contribution is -2.15. The Morgan fingerprint density at radius 2 is 1.78 bits per heavy atom. The van der Waals surface area contributed by atoms with Gasteiger partial charge in [0.2, 0.25) is 0 Å². The maximum absolute atomic E-state index is 12.6. The number of benzene rings is 1. The number of alkyl halides is 3. The largest absolute Gasteiger partial charge is 0.416 e. The number of hydrogen-bond donors (Lipinski definition) is 1. The van der Waals surface area contributed by atoms with E-state index >= 15 is 0 Å². The van der Waals surface area contributed by atoms with E-state index in [0.717, 1.165) is 12.1 Å². The zero-order chi connectivity index (χ0) is 14.0. The highest BCUT2D eigenvalue weighted by atomic mass is 19.4. The summed E-state index contributed by atoms with van der Waals surface area (Å²) in [7, 11) is 0. The van der Waals surface area contributed by atoms with Crippen LogP contribution in [0.15, 0.2) is 24.3 Å². The summed E-state index contributed by atoms with van der Waals surface area (Å²) in [5.41, 5.74) is -0.156. The highest BCUT2D eigenvalue weighted by molar-refractivity contribution is 5.28. The minimum Gasteiger partial charge on any atom is -0.396 e. The molecule has 1 aromatic carbocycles. The van der Waals surface area contributed by atoms with E-state index in [9.17, 15) is 18.3 Å². The standard InChI is InChI=1S/C14H19F3O/c1-13(2,3)8-11(9-18)10-5-4-6-12(7-10)14(15,16)17/h4-7,11,18H,8-9H2,1-3H3. The number of hydrogen-bond acceptors (Lipinski definition) is 1. The zero-order valence-electron chi connectivity index (χ0n) is 10.9. The molecule has 1 atom stereocenters. The fourth-order valence-corrected chi connectivity index (χ4v) is 2.00. The van der Waals surface area contributed by atoms with Gasteiger partial charge in [-0.15, -0.1) is 0 Å². The number of halogens is 3. The van der Waals surface area contributed by atoms with Crippen molar-refractivity contribution < 1.29 is 18.3 Å². The Morgan fingerprint density at radius 1 is 1.17 bits per heavy atom. The molecular weight excluding hydrogens is 241 g/mol. The summed E-state index contributed by atoms with van der Waals surface area (Å²) < 4.78 is 37.8. The lowest BCUT2D eigenvalue weighted by atomic mass is 9.81. The monoisotopic (exact) mass is 260 g/mol. The van der Waals surface area contributed by atoms with Crippen LogP contribution >= 0.6 is 0 Å². The molecule has 1 nitrogen and oxygen atoms in total. The van der Waals surface area contributed by atoms with Gasteiger partial charge in [-0.2, -0.15) is 13.2 Å². The number of aliphatic hydroxyl groups is 1. The summed E-state index contributed by atoms with van der Waals surface area (Å²) in [6.07, 6.45) is -3.69. The van der Waals surface area contributed by atoms with Gasteiger partial charge in [-0.3, -0.25) is 0 Å². The van der Waals surface area contributed by atoms with Crippen LogP contribution in [0.25, 0.3) is 0 Å². The van der Waals surface area contributed by atoms with Crippen LogP contribution in [0.3, 0.4) is 0 Å². The van der Waals surface area contributed by atoms with Gasteiger partial charge in [0.1, 0.15) is 0 Å². The van der Waals surface area contributed by atoms with Crippen LogP contribution in [0, 0.1) is 5.41 Å². The maximum atomic E-state index is 12.6. The first-order chi connectivity index (χ1) is 8.13. The van der Waals surface area contributed by atoms with E-state index in [2.05, 4.69) is 0 Å². The molecule has 0 fully saturated rings. The van der Waals surface area contributed by atoms with Crippen molar-refractivity contribution in [3.63, 3.8) is 0 Å². The predicted octanol–water partition coefficient (Wildman–Crippen LogP) is 4.22. The van der Waals surface area contributed by atoms with E-state index in [0.29, 0.717) is 12.0 Å². The summed E-state index contributed by atoms with van der Waals surface area (Å²) in [5, 5.41) is 9.36. The summed E-state index contributed by atoms with van der Waals surface area (Å²) in [6, 6.07) is 5.22. The zero-order valence-corrected chi connectivity index (χ0v) is 10.9. The van der Waals surface area contributed by atoms with Crippen LogP contribution < -0.4 is 0 Å². The molecule has 0 saturated heterocycles. The fraction of sp³-hybridized carbons (Fsp3) is 0.571. The normalized spacial score (nSPS) is 14.6. The van der Waals surface area contributed by atoms with Gasteiger partial charge in [0.15, 0.2) is 0 Å². The van der Waals surface area contributed by atoms with Crippen LogP contribution in [0.1, 0.15) is 44.2 Å². The molecule has 0 aliphatic rings. The molecule has 0 heterocycles. The summed E-state index contributed by atoms with van der Waals surface area (Å²) >= 11 is 0. The van der Waals surface area contributed by atoms with Gasteiger partial charge in [0.05, 0.1) is 5.56 Å². The molecule has 1 unspecified atom stereocenters. The van der Waals surface area contributed by atoms with Crippen molar-refractivity contribution in [2.75, 3.05) is 6.61 Å². The number of rotatable bonds is 3. The second-order valence-electron chi connectivity index (χ2n) is 5.77. The molecule has 1 rings (SSSR count). The average Bonchev–Trinajstić information content (AvgIpc) is 2.23. The lowest BCUT2D eigenvalue weighted by molar-refractivity contribution is -0.137. The Balaban J connectivity index is 3.00. The van der Waals surface area contributed by atoms with Crippen LogP contribution in [-0.4, -0.2) is 11.7 Å². The van der Waals surface area contributed by atoms with Crippen molar-refractivity contribution in [1.82, 2.24) is 0 Å². The Labute approximate surface area is 106 Å². The third-order valence-corrected chi connectivity index (χ3v) is 2.76. The number of aliphatic hydroxyl groups excluding tert-OH is 1. The van der Waals surface area contributed by atoms with E-state index in [4.69, 9.17) is 0 Å². The van der Waals surface area contributed by atoms with Gasteiger partial charge in [0.25, 0.3) is 0 Å². The molecule has 0 saturated carbocycles. The van der Waals surface area contributed by atoms with Gasteiger partial charge in [-0.25, -0.2) is 0 Å². The van der Waals surface area contributed by atoms with Crippen LogP contribution in [-0.2, 0) is 6.18 Å². The Kier molecular flexibility index (Phi) is 4.43. The SMILES string of the molecule is CC(C)(C)CC(CO)c1cccc(C(F)(F)F)c1. The maximum Gasteiger partial charge on any atom is 0.416 e. The molecule has 18 heavy (non-hydrogen) atoms. The van der Waals surface area contributed by atoms with Crippen molar-refractivity contribution in [3.05, 3.63) is 35.4 Å². The molecule has 0 aromatic heterocycles. The Hall–Kier alpha value is -1.03. The first-order valence-corrected chi connectivity index (χ1v) is 5.91. The molecule has 1 aromatic rings. The summed E-state index contributed by atoms with van der Waals surface area (Å²) in [5.74, 6) is -0.257. The fourth-order valence-electron chi connectivity index (χ4n) is 2.00. The van der Waals surface area contributed by atoms with Crippen LogP contribution in [0.5, 0.6) is 0 Å². The Bertz CT molecular complexity index is 391. The minimum atomic E-state index is -4.34. The molecule has 0 aliphatic heterocycles. The van der Waals surface area contributed by atoms with Gasteiger partial charge in [-0.1, -0.05) is 39.0 Å². The van der Waals surface area contributed by atoms with Crippen molar-refractivity contribution in [3.8, 4) is 0 Å². The van der Waals surface area contributed by atoms with Crippen LogP contribution in [0.2, 0.25) is 0 Å². The molecule has 1 N–H and O–H groups in total. The van der Waals surface area contributed by atoms with E-state index < -0.39 is 11.7 Å². The van der Waals surface area contributed by atoms with Gasteiger partial charge < -0.3 is 5.11 Å². The van der Waals surface area contributed by atoms with E-state index in [1.165, 1.54) is 6.07 Å². The minimum absolute atomic E-state index is 0.0400. The summed E-state index contributed by atoms with van der Waals surface area (Å²) in [6.45, 7) is 5.87. The Morgan fingerprint density at radius 3 is 2.22 bits per heavy atom. The third kappa shape index (κ3) is 4.33. The topological polar surface area (TPSA) is 20.2 Å². The first kappa shape index (κ1) is 15.0. The molecule has 0 amide bonds. The molecule has 0 radical (unpaired) electrons. The van der Waals surface area contributed by atoms with Gasteiger partial charge in [-0.05, 0) is 23.5 Å². The van der Waals surface area contributed by atoms with E-state index in [-0.39, 0.29) is 17.9 Å². The first-order valence-electron chi connectivity index (χ1n) is 5.91. The van der Waals surface area contributed by atoms with E-state index in [1.807, 2.05) is 20.8 Å². The molecule has 4 heteroatoms. The smallest absolute Gasteiger partial charge is 0.396 e. The second kappa shape index (κ2) is 5.31. The van der Waals surface area contributed by atoms with Crippen molar-refractivity contribution in [1.29, 1.82) is 0 Å². The molecule has 0 bridgehead atoms. The lowest BCUT2D eigenvalue weighted by Gasteiger charge is -2.25. The second-order valence-corrected chi connectivity index (χ2v) is 5.77. The van der Waals surface area contributed by atoms with Gasteiger partial charge in [0, 0.05) is 12.5 Å². The highest BCUT2D eigenvalue weighted by Crippen LogP contribution is 2.34. The predicted molar refractivity (Wildman–Crippen MR) is 65.3 cm³/mol. The van der Waals surface area contributed by atoms with Crippen LogP contribution in [0.4, 0.5) is 13.2 Å². The van der Waals surface area contributed by atoms with Crippen molar-refractivity contribution in [2.24, 2.45) is 5.41 Å².